The van der Waals surface area contributed by atoms with Crippen molar-refractivity contribution in [3.8, 4) is 5.75 Å². The number of hydrogen-bond donors (Lipinski definition) is 2. The standard InChI is InChI=1S/C26H30N4O4/c31-24-22(25(32)28-20-7-4-8-20)26(33)30(10-9-29-11-13-34-14-12-29)21-16-19(17-27-23(21)24)15-18-5-2-1-3-6-18/h1-3,5-6,16-17,20,31H,4,7-15H2,(H,28,32). The van der Waals surface area contributed by atoms with E-state index in [1.807, 2.05) is 36.4 Å². The Kier molecular flexibility index (Phi) is 6.60. The van der Waals surface area contributed by atoms with E-state index in [-0.39, 0.29) is 22.9 Å². The summed E-state index contributed by atoms with van der Waals surface area (Å²) in [5.74, 6) is -0.866. The fourth-order valence-corrected chi connectivity index (χ4v) is 4.58. The number of fused-ring (bicyclic) bond motifs is 1. The van der Waals surface area contributed by atoms with Crippen LogP contribution in [0.1, 0.15) is 40.7 Å². The Morgan fingerprint density at radius 3 is 2.59 bits per heavy atom. The van der Waals surface area contributed by atoms with E-state index in [0.717, 1.165) is 43.5 Å². The smallest absolute Gasteiger partial charge is 0.267 e. The zero-order chi connectivity index (χ0) is 23.5. The van der Waals surface area contributed by atoms with Crippen LogP contribution in [0.4, 0.5) is 0 Å². The molecule has 3 aromatic rings. The van der Waals surface area contributed by atoms with Crippen molar-refractivity contribution in [2.24, 2.45) is 0 Å². The molecule has 2 N–H and O–H groups in total. The van der Waals surface area contributed by atoms with Gasteiger partial charge >= 0.3 is 0 Å². The van der Waals surface area contributed by atoms with Crippen molar-refractivity contribution in [1.29, 1.82) is 0 Å². The molecule has 3 heterocycles. The van der Waals surface area contributed by atoms with Gasteiger partial charge in [0, 0.05) is 38.4 Å². The average Bonchev–Trinajstić information content (AvgIpc) is 2.83. The number of ether oxygens (including phenoxy) is 1. The van der Waals surface area contributed by atoms with Crippen LogP contribution in [0.15, 0.2) is 47.4 Å². The fraction of sp³-hybridized carbons (Fsp3) is 0.423. The molecule has 0 radical (unpaired) electrons. The molecular weight excluding hydrogens is 432 g/mol. The number of nitrogens with one attached hydrogen (secondary N) is 1. The van der Waals surface area contributed by atoms with E-state index in [9.17, 15) is 14.7 Å². The van der Waals surface area contributed by atoms with Crippen molar-refractivity contribution in [2.75, 3.05) is 32.8 Å². The monoisotopic (exact) mass is 462 g/mol. The van der Waals surface area contributed by atoms with Crippen LogP contribution in [0.2, 0.25) is 0 Å². The maximum atomic E-state index is 13.5. The molecule has 5 rings (SSSR count). The maximum Gasteiger partial charge on any atom is 0.267 e. The van der Waals surface area contributed by atoms with Gasteiger partial charge in [0.2, 0.25) is 0 Å². The normalized spacial score (nSPS) is 16.9. The number of carbonyl (C=O) groups excluding carboxylic acids is 1. The molecule has 8 nitrogen and oxygen atoms in total. The van der Waals surface area contributed by atoms with Gasteiger partial charge in [0.05, 0.1) is 18.7 Å². The first kappa shape index (κ1) is 22.6. The van der Waals surface area contributed by atoms with Crippen molar-refractivity contribution in [1.82, 2.24) is 19.8 Å². The topological polar surface area (TPSA) is 96.7 Å². The molecule has 0 bridgehead atoms. The number of morpholine rings is 1. The minimum absolute atomic E-state index is 0.0602. The Labute approximate surface area is 198 Å². The Bertz CT molecular complexity index is 1230. The number of benzene rings is 1. The van der Waals surface area contributed by atoms with Gasteiger partial charge in [-0.25, -0.2) is 0 Å². The lowest BCUT2D eigenvalue weighted by molar-refractivity contribution is 0.0364. The number of nitrogens with zero attached hydrogens (tertiary/aromatic N) is 3. The van der Waals surface area contributed by atoms with Gasteiger partial charge in [0.15, 0.2) is 5.75 Å². The van der Waals surface area contributed by atoms with Crippen molar-refractivity contribution in [2.45, 2.75) is 38.3 Å². The first-order valence-corrected chi connectivity index (χ1v) is 12.0. The quantitative estimate of drug-likeness (QED) is 0.559. The van der Waals surface area contributed by atoms with Crippen LogP contribution < -0.4 is 10.9 Å². The Hall–Kier alpha value is -3.23. The molecule has 1 saturated carbocycles. The first-order valence-electron chi connectivity index (χ1n) is 12.0. The molecule has 1 amide bonds. The van der Waals surface area contributed by atoms with E-state index < -0.39 is 11.5 Å². The van der Waals surface area contributed by atoms with Crippen LogP contribution in [0, 0.1) is 0 Å². The fourth-order valence-electron chi connectivity index (χ4n) is 4.58. The van der Waals surface area contributed by atoms with Gasteiger partial charge in [-0.2, -0.15) is 0 Å². The number of carbonyl (C=O) groups is 1. The van der Waals surface area contributed by atoms with Crippen molar-refractivity contribution < 1.29 is 14.6 Å². The summed E-state index contributed by atoms with van der Waals surface area (Å²) >= 11 is 0. The summed E-state index contributed by atoms with van der Waals surface area (Å²) in [5, 5.41) is 13.9. The summed E-state index contributed by atoms with van der Waals surface area (Å²) in [6.07, 6.45) is 5.22. The van der Waals surface area contributed by atoms with Crippen LogP contribution in [0.5, 0.6) is 5.75 Å². The highest BCUT2D eigenvalue weighted by Crippen LogP contribution is 2.27. The predicted molar refractivity (Wildman–Crippen MR) is 129 cm³/mol. The molecule has 0 atom stereocenters. The third-order valence-corrected chi connectivity index (χ3v) is 6.80. The highest BCUT2D eigenvalue weighted by Gasteiger charge is 2.27. The van der Waals surface area contributed by atoms with Crippen LogP contribution in [0.3, 0.4) is 0 Å². The molecular formula is C26H30N4O4. The number of hydrogen-bond acceptors (Lipinski definition) is 6. The summed E-state index contributed by atoms with van der Waals surface area (Å²) in [5.41, 5.74) is 2.19. The van der Waals surface area contributed by atoms with Gasteiger partial charge in [-0.1, -0.05) is 30.3 Å². The zero-order valence-corrected chi connectivity index (χ0v) is 19.2. The number of pyridine rings is 2. The van der Waals surface area contributed by atoms with Crippen LogP contribution in [0.25, 0.3) is 11.0 Å². The number of amides is 1. The lowest BCUT2D eigenvalue weighted by Gasteiger charge is -2.28. The highest BCUT2D eigenvalue weighted by molar-refractivity contribution is 6.01. The molecule has 1 saturated heterocycles. The lowest BCUT2D eigenvalue weighted by atomic mass is 9.93. The van der Waals surface area contributed by atoms with Crippen LogP contribution in [-0.2, 0) is 17.7 Å². The molecule has 0 unspecified atom stereocenters. The van der Waals surface area contributed by atoms with Crippen molar-refractivity contribution in [3.05, 3.63) is 69.6 Å². The second kappa shape index (κ2) is 9.95. The molecule has 178 valence electrons. The first-order chi connectivity index (χ1) is 16.6. The van der Waals surface area contributed by atoms with E-state index in [2.05, 4.69) is 15.2 Å². The SMILES string of the molecule is O=C(NC1CCC1)c1c(O)c2ncc(Cc3ccccc3)cc2n(CCN2CCOCC2)c1=O. The number of aromatic nitrogens is 2. The summed E-state index contributed by atoms with van der Waals surface area (Å²) in [7, 11) is 0. The van der Waals surface area contributed by atoms with Crippen molar-refractivity contribution >= 4 is 16.9 Å². The summed E-state index contributed by atoms with van der Waals surface area (Å²) in [4.78, 5) is 33.3. The second-order valence-electron chi connectivity index (χ2n) is 9.11. The third kappa shape index (κ3) is 4.69. The number of aromatic hydroxyl groups is 1. The predicted octanol–water partition coefficient (Wildman–Crippen LogP) is 2.31. The molecule has 2 aromatic heterocycles. The van der Waals surface area contributed by atoms with E-state index in [1.165, 1.54) is 0 Å². The maximum absolute atomic E-state index is 13.5. The average molecular weight is 463 g/mol. The van der Waals surface area contributed by atoms with Gasteiger partial charge in [-0.15, -0.1) is 0 Å². The highest BCUT2D eigenvalue weighted by atomic mass is 16.5. The molecule has 2 aliphatic rings. The van der Waals surface area contributed by atoms with E-state index in [4.69, 9.17) is 4.74 Å². The third-order valence-electron chi connectivity index (χ3n) is 6.80. The summed E-state index contributed by atoms with van der Waals surface area (Å²) in [6.45, 7) is 3.99. The molecule has 1 aromatic carbocycles. The zero-order valence-electron chi connectivity index (χ0n) is 19.2. The Morgan fingerprint density at radius 2 is 1.88 bits per heavy atom. The molecule has 2 fully saturated rings. The van der Waals surface area contributed by atoms with Gasteiger partial charge in [-0.3, -0.25) is 19.5 Å². The molecule has 1 aliphatic carbocycles. The molecule has 8 heteroatoms. The summed E-state index contributed by atoms with van der Waals surface area (Å²) in [6, 6.07) is 12.0. The van der Waals surface area contributed by atoms with Crippen molar-refractivity contribution in [3.63, 3.8) is 0 Å². The Morgan fingerprint density at radius 1 is 1.12 bits per heavy atom. The largest absolute Gasteiger partial charge is 0.505 e. The van der Waals surface area contributed by atoms with Crippen LogP contribution in [-0.4, -0.2) is 64.4 Å². The minimum Gasteiger partial charge on any atom is -0.505 e. The Balaban J connectivity index is 1.54. The number of rotatable bonds is 7. The van der Waals surface area contributed by atoms with Gasteiger partial charge in [0.1, 0.15) is 11.1 Å². The van der Waals surface area contributed by atoms with Crippen LogP contribution >= 0.6 is 0 Å². The van der Waals surface area contributed by atoms with Gasteiger partial charge in [-0.05, 0) is 42.9 Å². The molecule has 1 aliphatic heterocycles. The van der Waals surface area contributed by atoms with E-state index in [1.54, 1.807) is 10.8 Å². The minimum atomic E-state index is -0.524. The lowest BCUT2D eigenvalue weighted by Crippen LogP contribution is -2.43. The second-order valence-corrected chi connectivity index (χ2v) is 9.11. The molecule has 34 heavy (non-hydrogen) atoms. The molecule has 0 spiro atoms. The van der Waals surface area contributed by atoms with E-state index in [0.29, 0.717) is 38.2 Å². The summed E-state index contributed by atoms with van der Waals surface area (Å²) < 4.78 is 7.03. The van der Waals surface area contributed by atoms with E-state index >= 15 is 0 Å². The van der Waals surface area contributed by atoms with Gasteiger partial charge in [0.25, 0.3) is 11.5 Å². The van der Waals surface area contributed by atoms with Gasteiger partial charge < -0.3 is 19.7 Å².